The molecule has 5 heteroatoms. The Morgan fingerprint density at radius 1 is 1.28 bits per heavy atom. The standard InChI is InChI=1S/C20H25N3O2/c1-12(2)14-6-7-17-16(8-14)20(25)22-19(21-17)15-9-18(24)23(11-15)10-13-4-3-5-13/h6-8,12-13,15H,3-5,9-11H2,1-2H3,(H,21,22,25). The number of carbonyl (C=O) groups is 1. The van der Waals surface area contributed by atoms with Gasteiger partial charge in [-0.15, -0.1) is 0 Å². The van der Waals surface area contributed by atoms with Crippen LogP contribution in [0.2, 0.25) is 0 Å². The van der Waals surface area contributed by atoms with Gasteiger partial charge in [-0.25, -0.2) is 4.98 Å². The van der Waals surface area contributed by atoms with E-state index in [1.807, 2.05) is 23.1 Å². The number of amides is 1. The van der Waals surface area contributed by atoms with E-state index < -0.39 is 0 Å². The number of nitrogens with one attached hydrogen (secondary N) is 1. The lowest BCUT2D eigenvalue weighted by Crippen LogP contribution is -2.33. The van der Waals surface area contributed by atoms with Crippen LogP contribution in [0.1, 0.15) is 62.8 Å². The van der Waals surface area contributed by atoms with Crippen molar-refractivity contribution in [2.24, 2.45) is 5.92 Å². The summed E-state index contributed by atoms with van der Waals surface area (Å²) in [5.41, 5.74) is 1.75. The minimum Gasteiger partial charge on any atom is -0.342 e. The molecule has 4 rings (SSSR count). The van der Waals surface area contributed by atoms with E-state index in [9.17, 15) is 9.59 Å². The summed E-state index contributed by atoms with van der Waals surface area (Å²) in [7, 11) is 0. The zero-order chi connectivity index (χ0) is 17.6. The molecule has 1 amide bonds. The van der Waals surface area contributed by atoms with Crippen LogP contribution in [-0.2, 0) is 4.79 Å². The number of likely N-dealkylation sites (tertiary alicyclic amines) is 1. The van der Waals surface area contributed by atoms with Crippen LogP contribution in [-0.4, -0.2) is 33.9 Å². The number of rotatable bonds is 4. The van der Waals surface area contributed by atoms with Crippen LogP contribution in [0.3, 0.4) is 0 Å². The number of nitrogens with zero attached hydrogens (tertiary/aromatic N) is 2. The van der Waals surface area contributed by atoms with Crippen LogP contribution in [0.25, 0.3) is 10.9 Å². The van der Waals surface area contributed by atoms with Crippen LogP contribution in [0.4, 0.5) is 0 Å². The van der Waals surface area contributed by atoms with E-state index in [4.69, 9.17) is 0 Å². The summed E-state index contributed by atoms with van der Waals surface area (Å²) in [4.78, 5) is 34.4. The first-order valence-electron chi connectivity index (χ1n) is 9.33. The van der Waals surface area contributed by atoms with Gasteiger partial charge in [0.05, 0.1) is 10.9 Å². The summed E-state index contributed by atoms with van der Waals surface area (Å²) in [5.74, 6) is 1.88. The number of hydrogen-bond acceptors (Lipinski definition) is 3. The van der Waals surface area contributed by atoms with Crippen molar-refractivity contribution >= 4 is 16.8 Å². The molecule has 0 radical (unpaired) electrons. The Balaban J connectivity index is 1.60. The summed E-state index contributed by atoms with van der Waals surface area (Å²) >= 11 is 0. The van der Waals surface area contributed by atoms with Crippen LogP contribution in [0.15, 0.2) is 23.0 Å². The second-order valence-corrected chi connectivity index (χ2v) is 7.88. The molecule has 1 saturated carbocycles. The fraction of sp³-hybridized carbons (Fsp3) is 0.550. The number of carbonyl (C=O) groups excluding carboxylic acids is 1. The second-order valence-electron chi connectivity index (χ2n) is 7.88. The summed E-state index contributed by atoms with van der Waals surface area (Å²) in [6.07, 6.45) is 4.20. The van der Waals surface area contributed by atoms with Crippen molar-refractivity contribution in [1.29, 1.82) is 0 Å². The molecule has 1 aromatic heterocycles. The number of benzene rings is 1. The van der Waals surface area contributed by atoms with Crippen LogP contribution in [0.5, 0.6) is 0 Å². The third kappa shape index (κ3) is 3.08. The van der Waals surface area contributed by atoms with Crippen molar-refractivity contribution < 1.29 is 4.79 Å². The van der Waals surface area contributed by atoms with E-state index >= 15 is 0 Å². The number of aromatic amines is 1. The highest BCUT2D eigenvalue weighted by Crippen LogP contribution is 2.32. The van der Waals surface area contributed by atoms with Crippen molar-refractivity contribution in [3.63, 3.8) is 0 Å². The first-order valence-corrected chi connectivity index (χ1v) is 9.33. The minimum absolute atomic E-state index is 0.00514. The molecule has 2 fully saturated rings. The van der Waals surface area contributed by atoms with Gasteiger partial charge in [-0.1, -0.05) is 26.3 Å². The lowest BCUT2D eigenvalue weighted by Gasteiger charge is -2.30. The highest BCUT2D eigenvalue weighted by Gasteiger charge is 2.34. The van der Waals surface area contributed by atoms with Gasteiger partial charge in [-0.05, 0) is 42.4 Å². The SMILES string of the molecule is CC(C)c1ccc2nc(C3CC(=O)N(CC4CCC4)C3)[nH]c(=O)c2c1. The van der Waals surface area contributed by atoms with Crippen LogP contribution >= 0.6 is 0 Å². The highest BCUT2D eigenvalue weighted by molar-refractivity contribution is 5.81. The van der Waals surface area contributed by atoms with Gasteiger partial charge < -0.3 is 9.88 Å². The number of aromatic nitrogens is 2. The van der Waals surface area contributed by atoms with Crippen molar-refractivity contribution in [3.05, 3.63) is 39.9 Å². The molecule has 1 aliphatic carbocycles. The van der Waals surface area contributed by atoms with E-state index in [0.717, 1.165) is 12.1 Å². The maximum absolute atomic E-state index is 12.5. The second kappa shape index (κ2) is 6.28. The van der Waals surface area contributed by atoms with Gasteiger partial charge in [0.25, 0.3) is 5.56 Å². The number of fused-ring (bicyclic) bond motifs is 1. The molecule has 0 bridgehead atoms. The van der Waals surface area contributed by atoms with Crippen molar-refractivity contribution in [1.82, 2.24) is 14.9 Å². The molecular weight excluding hydrogens is 314 g/mol. The summed E-state index contributed by atoms with van der Waals surface area (Å²) in [6, 6.07) is 5.89. The van der Waals surface area contributed by atoms with Gasteiger partial charge >= 0.3 is 0 Å². The molecule has 1 N–H and O–H groups in total. The normalized spacial score (nSPS) is 21.3. The maximum atomic E-state index is 12.5. The molecule has 1 aromatic carbocycles. The molecule has 132 valence electrons. The lowest BCUT2D eigenvalue weighted by atomic mass is 9.85. The molecule has 1 aliphatic heterocycles. The fourth-order valence-corrected chi connectivity index (χ4v) is 3.85. The van der Waals surface area contributed by atoms with Gasteiger partial charge in [0.2, 0.25) is 5.91 Å². The average Bonchev–Trinajstić information content (AvgIpc) is 2.91. The summed E-state index contributed by atoms with van der Waals surface area (Å²) < 4.78 is 0. The third-order valence-electron chi connectivity index (χ3n) is 5.72. The maximum Gasteiger partial charge on any atom is 0.258 e. The molecule has 5 nitrogen and oxygen atoms in total. The molecule has 1 atom stereocenters. The van der Waals surface area contributed by atoms with Crippen LogP contribution in [0, 0.1) is 5.92 Å². The quantitative estimate of drug-likeness (QED) is 0.930. The molecule has 1 saturated heterocycles. The van der Waals surface area contributed by atoms with Gasteiger partial charge in [0.1, 0.15) is 5.82 Å². The van der Waals surface area contributed by atoms with Crippen molar-refractivity contribution in [2.45, 2.75) is 51.4 Å². The summed E-state index contributed by atoms with van der Waals surface area (Å²) in [6.45, 7) is 5.76. The summed E-state index contributed by atoms with van der Waals surface area (Å²) in [5, 5.41) is 0.630. The van der Waals surface area contributed by atoms with Crippen LogP contribution < -0.4 is 5.56 Å². The zero-order valence-electron chi connectivity index (χ0n) is 14.9. The highest BCUT2D eigenvalue weighted by atomic mass is 16.2. The number of H-pyrrole nitrogens is 1. The molecule has 2 aromatic rings. The smallest absolute Gasteiger partial charge is 0.258 e. The average molecular weight is 339 g/mol. The molecule has 2 aliphatic rings. The monoisotopic (exact) mass is 339 g/mol. The first-order chi connectivity index (χ1) is 12.0. The van der Waals surface area contributed by atoms with E-state index in [1.165, 1.54) is 19.3 Å². The van der Waals surface area contributed by atoms with E-state index in [0.29, 0.717) is 41.5 Å². The Labute approximate surface area is 147 Å². The van der Waals surface area contributed by atoms with Gasteiger partial charge in [-0.3, -0.25) is 9.59 Å². The molecule has 25 heavy (non-hydrogen) atoms. The van der Waals surface area contributed by atoms with E-state index in [2.05, 4.69) is 23.8 Å². The Morgan fingerprint density at radius 2 is 2.08 bits per heavy atom. The lowest BCUT2D eigenvalue weighted by molar-refractivity contribution is -0.128. The third-order valence-corrected chi connectivity index (χ3v) is 5.72. The topological polar surface area (TPSA) is 66.1 Å². The van der Waals surface area contributed by atoms with Gasteiger partial charge in [0.15, 0.2) is 0 Å². The van der Waals surface area contributed by atoms with Crippen molar-refractivity contribution in [3.8, 4) is 0 Å². The molecule has 2 heterocycles. The van der Waals surface area contributed by atoms with E-state index in [-0.39, 0.29) is 17.4 Å². The Morgan fingerprint density at radius 3 is 2.76 bits per heavy atom. The Hall–Kier alpha value is -2.17. The van der Waals surface area contributed by atoms with Gasteiger partial charge in [0, 0.05) is 25.4 Å². The predicted octanol–water partition coefficient (Wildman–Crippen LogP) is 3.16. The Kier molecular flexibility index (Phi) is 4.10. The van der Waals surface area contributed by atoms with E-state index in [1.54, 1.807) is 0 Å². The zero-order valence-corrected chi connectivity index (χ0v) is 14.9. The number of hydrogen-bond donors (Lipinski definition) is 1. The largest absolute Gasteiger partial charge is 0.342 e. The van der Waals surface area contributed by atoms with Gasteiger partial charge in [-0.2, -0.15) is 0 Å². The molecule has 1 unspecified atom stereocenters. The fourth-order valence-electron chi connectivity index (χ4n) is 3.85. The van der Waals surface area contributed by atoms with Crippen molar-refractivity contribution in [2.75, 3.05) is 13.1 Å². The molecular formula is C20H25N3O2. The molecule has 0 spiro atoms. The predicted molar refractivity (Wildman–Crippen MR) is 97.7 cm³/mol. The first kappa shape index (κ1) is 16.3. The minimum atomic E-state index is -0.104. The Bertz CT molecular complexity index is 867.